The van der Waals surface area contributed by atoms with Gasteiger partial charge in [0.2, 0.25) is 0 Å². The lowest BCUT2D eigenvalue weighted by Crippen LogP contribution is -2.11. The van der Waals surface area contributed by atoms with Crippen molar-refractivity contribution < 1.29 is 9.13 Å². The quantitative estimate of drug-likeness (QED) is 0.665. The number of halogens is 2. The lowest BCUT2D eigenvalue weighted by molar-refractivity contribution is 0.181. The van der Waals surface area contributed by atoms with Crippen LogP contribution in [0.15, 0.2) is 24.3 Å². The third-order valence-corrected chi connectivity index (χ3v) is 2.56. The summed E-state index contributed by atoms with van der Waals surface area (Å²) in [7, 11) is 1.55. The van der Waals surface area contributed by atoms with E-state index in [1.54, 1.807) is 19.2 Å². The van der Waals surface area contributed by atoms with E-state index in [1.807, 2.05) is 0 Å². The van der Waals surface area contributed by atoms with Crippen LogP contribution in [0, 0.1) is 5.82 Å². The monoisotopic (exact) mass is 282 g/mol. The zero-order valence-corrected chi connectivity index (χ0v) is 10.9. The number of anilines is 1. The number of aromatic nitrogens is 2. The molecule has 1 aromatic carbocycles. The minimum atomic E-state index is -0.453. The van der Waals surface area contributed by atoms with E-state index in [9.17, 15) is 4.39 Å². The normalized spacial score (nSPS) is 10.5. The molecular weight excluding hydrogens is 271 g/mol. The van der Waals surface area contributed by atoms with Crippen molar-refractivity contribution in [1.82, 2.24) is 9.97 Å². The molecule has 0 saturated carbocycles. The number of rotatable bonds is 4. The van der Waals surface area contributed by atoms with Gasteiger partial charge < -0.3 is 10.2 Å². The van der Waals surface area contributed by atoms with Gasteiger partial charge in [0, 0.05) is 23.8 Å². The fraction of sp³-hybridized carbons (Fsp3) is 0.167. The van der Waals surface area contributed by atoms with E-state index in [0.29, 0.717) is 29.5 Å². The average molecular weight is 283 g/mol. The number of benzene rings is 1. The maximum absolute atomic E-state index is 13.3. The standard InChI is InChI=1S/C12H12ClFN4O/c1-19-6-10-5-11(18-15)17-12(16-10)7-2-8(13)4-9(14)3-7/h2-5H,6,15H2,1H3,(H,16,17,18). The van der Waals surface area contributed by atoms with Crippen molar-refractivity contribution in [2.45, 2.75) is 6.61 Å². The summed E-state index contributed by atoms with van der Waals surface area (Å²) in [5.41, 5.74) is 3.53. The van der Waals surface area contributed by atoms with Crippen molar-refractivity contribution in [1.29, 1.82) is 0 Å². The highest BCUT2D eigenvalue weighted by atomic mass is 35.5. The molecule has 0 fully saturated rings. The third-order valence-electron chi connectivity index (χ3n) is 2.34. The molecule has 0 aliphatic carbocycles. The Morgan fingerprint density at radius 3 is 2.74 bits per heavy atom. The molecule has 0 bridgehead atoms. The summed E-state index contributed by atoms with van der Waals surface area (Å²) < 4.78 is 18.3. The van der Waals surface area contributed by atoms with E-state index >= 15 is 0 Å². The second-order valence-electron chi connectivity index (χ2n) is 3.80. The number of ether oxygens (including phenoxy) is 1. The van der Waals surface area contributed by atoms with Gasteiger partial charge in [-0.3, -0.25) is 0 Å². The van der Waals surface area contributed by atoms with Crippen LogP contribution < -0.4 is 11.3 Å². The van der Waals surface area contributed by atoms with Crippen LogP contribution in [0.4, 0.5) is 10.2 Å². The van der Waals surface area contributed by atoms with E-state index in [0.717, 1.165) is 0 Å². The van der Waals surface area contributed by atoms with Crippen LogP contribution in [-0.4, -0.2) is 17.1 Å². The minimum absolute atomic E-state index is 0.276. The number of methoxy groups -OCH3 is 1. The summed E-state index contributed by atoms with van der Waals surface area (Å²) in [6.45, 7) is 0.299. The molecule has 0 unspecified atom stereocenters. The highest BCUT2D eigenvalue weighted by Crippen LogP contribution is 2.23. The van der Waals surface area contributed by atoms with Crippen LogP contribution >= 0.6 is 11.6 Å². The van der Waals surface area contributed by atoms with Crippen LogP contribution in [0.1, 0.15) is 5.69 Å². The molecule has 0 saturated heterocycles. The van der Waals surface area contributed by atoms with Crippen LogP contribution in [-0.2, 0) is 11.3 Å². The van der Waals surface area contributed by atoms with Gasteiger partial charge >= 0.3 is 0 Å². The second-order valence-corrected chi connectivity index (χ2v) is 4.24. The Morgan fingerprint density at radius 2 is 2.11 bits per heavy atom. The smallest absolute Gasteiger partial charge is 0.162 e. The minimum Gasteiger partial charge on any atom is -0.378 e. The van der Waals surface area contributed by atoms with Gasteiger partial charge in [0.1, 0.15) is 11.6 Å². The lowest BCUT2D eigenvalue weighted by atomic mass is 10.2. The van der Waals surface area contributed by atoms with Crippen LogP contribution in [0.3, 0.4) is 0 Å². The molecule has 3 N–H and O–H groups in total. The molecule has 100 valence electrons. The van der Waals surface area contributed by atoms with Crippen molar-refractivity contribution in [3.8, 4) is 11.4 Å². The molecule has 1 aromatic heterocycles. The number of nitrogens with zero attached hydrogens (tertiary/aromatic N) is 2. The molecule has 2 aromatic rings. The largest absolute Gasteiger partial charge is 0.378 e. The first-order valence-corrected chi connectivity index (χ1v) is 5.80. The SMILES string of the molecule is COCc1cc(NN)nc(-c2cc(F)cc(Cl)c2)n1. The van der Waals surface area contributed by atoms with Gasteiger partial charge in [0.05, 0.1) is 12.3 Å². The molecule has 19 heavy (non-hydrogen) atoms. The maximum Gasteiger partial charge on any atom is 0.162 e. The summed E-state index contributed by atoms with van der Waals surface area (Å²) in [5, 5.41) is 0.276. The Labute approximate surface area is 114 Å². The van der Waals surface area contributed by atoms with Gasteiger partial charge in [0.25, 0.3) is 0 Å². The Bertz CT molecular complexity index is 574. The average Bonchev–Trinajstić information content (AvgIpc) is 2.37. The molecular formula is C12H12ClFN4O. The van der Waals surface area contributed by atoms with E-state index in [2.05, 4.69) is 15.4 Å². The molecule has 1 heterocycles. The number of nitrogens with two attached hydrogens (primary N) is 1. The third kappa shape index (κ3) is 3.37. The van der Waals surface area contributed by atoms with E-state index < -0.39 is 5.82 Å². The van der Waals surface area contributed by atoms with Gasteiger partial charge in [0.15, 0.2) is 5.82 Å². The molecule has 0 atom stereocenters. The summed E-state index contributed by atoms with van der Waals surface area (Å²) in [6, 6.07) is 5.75. The number of hydrazine groups is 1. The van der Waals surface area contributed by atoms with Crippen LogP contribution in [0.2, 0.25) is 5.02 Å². The molecule has 0 amide bonds. The van der Waals surface area contributed by atoms with E-state index in [4.69, 9.17) is 22.2 Å². The lowest BCUT2D eigenvalue weighted by Gasteiger charge is -2.07. The van der Waals surface area contributed by atoms with Crippen molar-refractivity contribution in [2.24, 2.45) is 5.84 Å². The van der Waals surface area contributed by atoms with Crippen molar-refractivity contribution in [2.75, 3.05) is 12.5 Å². The van der Waals surface area contributed by atoms with Crippen molar-refractivity contribution in [3.05, 3.63) is 40.8 Å². The number of hydrogen-bond acceptors (Lipinski definition) is 5. The fourth-order valence-corrected chi connectivity index (χ4v) is 1.83. The number of nitrogens with one attached hydrogen (secondary N) is 1. The highest BCUT2D eigenvalue weighted by Gasteiger charge is 2.09. The topological polar surface area (TPSA) is 73.1 Å². The van der Waals surface area contributed by atoms with E-state index in [1.165, 1.54) is 12.1 Å². The molecule has 2 rings (SSSR count). The van der Waals surface area contributed by atoms with Gasteiger partial charge in [-0.25, -0.2) is 20.2 Å². The predicted molar refractivity (Wildman–Crippen MR) is 71.0 cm³/mol. The van der Waals surface area contributed by atoms with Gasteiger partial charge in [-0.15, -0.1) is 0 Å². The molecule has 0 aliphatic rings. The molecule has 0 spiro atoms. The molecule has 0 radical (unpaired) electrons. The Hall–Kier alpha value is -1.76. The summed E-state index contributed by atoms with van der Waals surface area (Å²) in [4.78, 5) is 8.43. The van der Waals surface area contributed by atoms with E-state index in [-0.39, 0.29) is 5.02 Å². The Balaban J connectivity index is 2.50. The van der Waals surface area contributed by atoms with Crippen LogP contribution in [0.25, 0.3) is 11.4 Å². The zero-order valence-electron chi connectivity index (χ0n) is 10.2. The Kier molecular flexibility index (Phi) is 4.26. The van der Waals surface area contributed by atoms with Crippen LogP contribution in [0.5, 0.6) is 0 Å². The number of nitrogen functional groups attached to an aromatic ring is 1. The molecule has 0 aliphatic heterocycles. The first-order valence-electron chi connectivity index (χ1n) is 5.42. The maximum atomic E-state index is 13.3. The van der Waals surface area contributed by atoms with Gasteiger partial charge in [-0.2, -0.15) is 0 Å². The Morgan fingerprint density at radius 1 is 1.32 bits per heavy atom. The molecule has 7 heteroatoms. The fourth-order valence-electron chi connectivity index (χ4n) is 1.61. The first-order chi connectivity index (χ1) is 9.12. The summed E-state index contributed by atoms with van der Waals surface area (Å²) >= 11 is 5.81. The zero-order chi connectivity index (χ0) is 13.8. The van der Waals surface area contributed by atoms with Gasteiger partial charge in [-0.05, 0) is 18.2 Å². The summed E-state index contributed by atoms with van der Waals surface area (Å²) in [5.74, 6) is 5.62. The predicted octanol–water partition coefficient (Wildman–Crippen LogP) is 2.37. The highest BCUT2D eigenvalue weighted by molar-refractivity contribution is 6.30. The number of hydrogen-bond donors (Lipinski definition) is 2. The van der Waals surface area contributed by atoms with Crippen molar-refractivity contribution >= 4 is 17.4 Å². The summed E-state index contributed by atoms with van der Waals surface area (Å²) in [6.07, 6.45) is 0. The first kappa shape index (κ1) is 13.7. The van der Waals surface area contributed by atoms with Crippen molar-refractivity contribution in [3.63, 3.8) is 0 Å². The van der Waals surface area contributed by atoms with Gasteiger partial charge in [-0.1, -0.05) is 11.6 Å². The molecule has 5 nitrogen and oxygen atoms in total. The second kappa shape index (κ2) is 5.92.